The predicted molar refractivity (Wildman–Crippen MR) is 146 cm³/mol. The average molecular weight is 536 g/mol. The Morgan fingerprint density at radius 2 is 1.39 bits per heavy atom. The van der Waals surface area contributed by atoms with Gasteiger partial charge in [0.25, 0.3) is 0 Å². The van der Waals surface area contributed by atoms with E-state index in [0.717, 1.165) is 37.9 Å². The van der Waals surface area contributed by atoms with Crippen molar-refractivity contribution in [3.8, 4) is 0 Å². The quantitative estimate of drug-likeness (QED) is 0.296. The number of halogens is 3. The van der Waals surface area contributed by atoms with E-state index in [1.807, 2.05) is 13.8 Å². The third-order valence-electron chi connectivity index (χ3n) is 9.32. The Balaban J connectivity index is 1.63. The van der Waals surface area contributed by atoms with Crippen molar-refractivity contribution in [3.05, 3.63) is 35.4 Å². The summed E-state index contributed by atoms with van der Waals surface area (Å²) in [5, 5.41) is 0. The molecule has 4 rings (SSSR count). The second-order valence-corrected chi connectivity index (χ2v) is 12.6. The van der Waals surface area contributed by atoms with E-state index in [2.05, 4.69) is 4.90 Å². The summed E-state index contributed by atoms with van der Waals surface area (Å²) in [6, 6.07) is 6.09. The van der Waals surface area contributed by atoms with Crippen LogP contribution in [0.4, 0.5) is 13.2 Å². The minimum Gasteiger partial charge on any atom is -0.463 e. The van der Waals surface area contributed by atoms with Crippen molar-refractivity contribution in [1.82, 2.24) is 4.90 Å². The molecule has 0 amide bonds. The molecule has 3 unspecified atom stereocenters. The average Bonchev–Trinajstić information content (AvgIpc) is 2.88. The number of benzene rings is 1. The topological polar surface area (TPSA) is 29.5 Å². The lowest BCUT2D eigenvalue weighted by Gasteiger charge is -2.47. The van der Waals surface area contributed by atoms with Gasteiger partial charge in [-0.1, -0.05) is 57.1 Å². The van der Waals surface area contributed by atoms with E-state index in [-0.39, 0.29) is 30.0 Å². The zero-order chi connectivity index (χ0) is 27.1. The molecule has 0 saturated heterocycles. The summed E-state index contributed by atoms with van der Waals surface area (Å²) < 4.78 is 45.7. The third-order valence-corrected chi connectivity index (χ3v) is 9.32. The van der Waals surface area contributed by atoms with Crippen molar-refractivity contribution in [2.45, 2.75) is 128 Å². The molecule has 3 atom stereocenters. The van der Waals surface area contributed by atoms with Crippen LogP contribution in [0.15, 0.2) is 24.3 Å². The maximum atomic E-state index is 13.4. The van der Waals surface area contributed by atoms with Crippen molar-refractivity contribution >= 4 is 5.97 Å². The van der Waals surface area contributed by atoms with E-state index >= 15 is 0 Å². The number of hydrogen-bond donors (Lipinski definition) is 0. The highest BCUT2D eigenvalue weighted by Gasteiger charge is 2.40. The summed E-state index contributed by atoms with van der Waals surface area (Å²) in [6.07, 6.45) is 11.8. The van der Waals surface area contributed by atoms with Crippen molar-refractivity contribution in [2.75, 3.05) is 13.1 Å². The monoisotopic (exact) mass is 535 g/mol. The zero-order valence-corrected chi connectivity index (χ0v) is 23.5. The lowest BCUT2D eigenvalue weighted by molar-refractivity contribution is -0.149. The third kappa shape index (κ3) is 8.22. The second-order valence-electron chi connectivity index (χ2n) is 12.6. The minimum absolute atomic E-state index is 0.0397. The van der Waals surface area contributed by atoms with Gasteiger partial charge in [-0.25, -0.2) is 0 Å². The largest absolute Gasteiger partial charge is 0.463 e. The summed E-state index contributed by atoms with van der Waals surface area (Å²) in [7, 11) is 0. The van der Waals surface area contributed by atoms with Crippen LogP contribution >= 0.6 is 0 Å². The fourth-order valence-corrected chi connectivity index (χ4v) is 7.56. The van der Waals surface area contributed by atoms with Crippen molar-refractivity contribution < 1.29 is 22.7 Å². The normalized spacial score (nSPS) is 26.1. The smallest absolute Gasteiger partial charge is 0.416 e. The number of ether oxygens (including phenoxy) is 1. The number of nitrogens with zero attached hydrogens (tertiary/aromatic N) is 1. The lowest BCUT2D eigenvalue weighted by atomic mass is 9.69. The maximum Gasteiger partial charge on any atom is 0.416 e. The first-order valence-corrected chi connectivity index (χ1v) is 15.3. The molecule has 214 valence electrons. The molecule has 0 N–H and O–H groups in total. The van der Waals surface area contributed by atoms with Gasteiger partial charge in [-0.3, -0.25) is 9.69 Å². The highest BCUT2D eigenvalue weighted by Crippen LogP contribution is 2.44. The lowest BCUT2D eigenvalue weighted by Crippen LogP contribution is -2.49. The van der Waals surface area contributed by atoms with Crippen LogP contribution in [0.2, 0.25) is 0 Å². The summed E-state index contributed by atoms with van der Waals surface area (Å²) in [5.74, 6) is 1.34. The van der Waals surface area contributed by atoms with Gasteiger partial charge in [0.05, 0.1) is 11.7 Å². The number of esters is 1. The molecule has 1 aromatic rings. The number of carbonyl (C=O) groups is 1. The zero-order valence-electron chi connectivity index (χ0n) is 23.5. The van der Waals surface area contributed by atoms with Crippen molar-refractivity contribution in [1.29, 1.82) is 0 Å². The molecular weight excluding hydrogens is 487 g/mol. The van der Waals surface area contributed by atoms with Crippen LogP contribution in [0.5, 0.6) is 0 Å². The van der Waals surface area contributed by atoms with Crippen LogP contribution < -0.4 is 0 Å². The van der Waals surface area contributed by atoms with Gasteiger partial charge in [0.15, 0.2) is 0 Å². The maximum absolute atomic E-state index is 13.4. The summed E-state index contributed by atoms with van der Waals surface area (Å²) in [4.78, 5) is 15.6. The van der Waals surface area contributed by atoms with Gasteiger partial charge in [0.1, 0.15) is 0 Å². The molecule has 0 aromatic heterocycles. The minimum atomic E-state index is -4.35. The van der Waals surface area contributed by atoms with Crippen LogP contribution in [-0.2, 0) is 15.7 Å². The molecule has 0 bridgehead atoms. The molecular formula is C32H48F3NO2. The van der Waals surface area contributed by atoms with Crippen molar-refractivity contribution in [2.24, 2.45) is 17.8 Å². The summed E-state index contributed by atoms with van der Waals surface area (Å²) in [5.41, 5.74) is 0.341. The van der Waals surface area contributed by atoms with Gasteiger partial charge in [-0.05, 0) is 87.8 Å². The molecule has 1 aromatic carbocycles. The predicted octanol–water partition coefficient (Wildman–Crippen LogP) is 8.76. The van der Waals surface area contributed by atoms with Crippen LogP contribution in [0.25, 0.3) is 0 Å². The molecule has 3 nitrogen and oxygen atoms in total. The Kier molecular flexibility index (Phi) is 10.6. The Hall–Kier alpha value is -1.56. The Morgan fingerprint density at radius 3 is 1.89 bits per heavy atom. The number of carbonyl (C=O) groups excluding carboxylic acids is 1. The van der Waals surface area contributed by atoms with Gasteiger partial charge < -0.3 is 4.74 Å². The van der Waals surface area contributed by atoms with E-state index in [4.69, 9.17) is 4.74 Å². The first-order chi connectivity index (χ1) is 18.2. The van der Waals surface area contributed by atoms with Crippen LogP contribution in [0, 0.1) is 17.8 Å². The highest BCUT2D eigenvalue weighted by atomic mass is 19.4. The summed E-state index contributed by atoms with van der Waals surface area (Å²) >= 11 is 0. The van der Waals surface area contributed by atoms with Gasteiger partial charge in [0, 0.05) is 31.5 Å². The number of hydrogen-bond acceptors (Lipinski definition) is 3. The molecule has 3 saturated carbocycles. The molecule has 6 heteroatoms. The highest BCUT2D eigenvalue weighted by molar-refractivity contribution is 5.70. The number of alkyl halides is 3. The fourth-order valence-electron chi connectivity index (χ4n) is 7.56. The molecule has 0 spiro atoms. The van der Waals surface area contributed by atoms with E-state index in [0.29, 0.717) is 18.3 Å². The van der Waals surface area contributed by atoms with Crippen LogP contribution in [-0.4, -0.2) is 36.1 Å². The molecule has 38 heavy (non-hydrogen) atoms. The molecule has 0 heterocycles. The van der Waals surface area contributed by atoms with Crippen LogP contribution in [0.3, 0.4) is 0 Å². The number of rotatable bonds is 9. The molecule has 0 aliphatic heterocycles. The molecule has 3 aliphatic carbocycles. The summed E-state index contributed by atoms with van der Waals surface area (Å²) in [6.45, 7) is 5.90. The van der Waals surface area contributed by atoms with Crippen LogP contribution in [0.1, 0.15) is 121 Å². The first-order valence-electron chi connectivity index (χ1n) is 15.3. The standard InChI is InChI=1S/C32H48F3NO2/c1-23(2)38-30(37)20-27-14-9-15-29(31(27)26-16-18-28(19-17-26)32(33,34)35)36(21-24-10-5-3-6-11-24)22-25-12-7-4-8-13-25/h16-19,23-25,27,29,31H,3-15,20-22H2,1-2H3. The fraction of sp³-hybridized carbons (Fsp3) is 0.781. The molecule has 3 aliphatic rings. The Labute approximate surface area is 227 Å². The van der Waals surface area contributed by atoms with Crippen molar-refractivity contribution in [3.63, 3.8) is 0 Å². The van der Waals surface area contributed by atoms with E-state index in [9.17, 15) is 18.0 Å². The Bertz CT molecular complexity index is 836. The Morgan fingerprint density at radius 1 is 0.842 bits per heavy atom. The van der Waals surface area contributed by atoms with Gasteiger partial charge in [-0.15, -0.1) is 0 Å². The van der Waals surface area contributed by atoms with E-state index < -0.39 is 11.7 Å². The molecule has 0 radical (unpaired) electrons. The van der Waals surface area contributed by atoms with E-state index in [1.165, 1.54) is 76.3 Å². The van der Waals surface area contributed by atoms with Gasteiger partial charge in [0.2, 0.25) is 0 Å². The van der Waals surface area contributed by atoms with Gasteiger partial charge in [-0.2, -0.15) is 13.2 Å². The SMILES string of the molecule is CC(C)OC(=O)CC1CCCC(N(CC2CCCCC2)CC2CCCCC2)C1c1ccc(C(F)(F)F)cc1. The first kappa shape index (κ1) is 29.4. The van der Waals surface area contributed by atoms with Gasteiger partial charge >= 0.3 is 12.1 Å². The molecule has 3 fully saturated rings. The van der Waals surface area contributed by atoms with E-state index in [1.54, 1.807) is 12.1 Å². The second kappa shape index (κ2) is 13.7.